The standard InChI is InChI=1S/C17H14F2N2O6S/c1-7(22)27-5-8-6-28-16-12(15(24)21(16)13(8)17(25)26)20-14(23)10-3-2-9(18)4-11(10)19/h2-4,12,16H,5-6H2,1H3,(H,20,23)(H,25,26)/t12-,16+/m1/s1. The summed E-state index contributed by atoms with van der Waals surface area (Å²) < 4.78 is 31.5. The number of amides is 2. The second-order valence-electron chi connectivity index (χ2n) is 6.02. The monoisotopic (exact) mass is 412 g/mol. The van der Waals surface area contributed by atoms with Crippen LogP contribution in [-0.2, 0) is 19.1 Å². The number of benzene rings is 1. The maximum absolute atomic E-state index is 13.7. The minimum atomic E-state index is -1.37. The topological polar surface area (TPSA) is 113 Å². The number of nitrogens with one attached hydrogen (secondary N) is 1. The number of carbonyl (C=O) groups excluding carboxylic acids is 3. The van der Waals surface area contributed by atoms with Crippen LogP contribution in [0.3, 0.4) is 0 Å². The number of carbonyl (C=O) groups is 4. The smallest absolute Gasteiger partial charge is 0.352 e. The fraction of sp³-hybridized carbons (Fsp3) is 0.294. The van der Waals surface area contributed by atoms with Gasteiger partial charge in [0.2, 0.25) is 0 Å². The molecule has 0 unspecified atom stereocenters. The number of thioether (sulfide) groups is 1. The molecule has 2 heterocycles. The summed E-state index contributed by atoms with van der Waals surface area (Å²) in [6.07, 6.45) is 0. The van der Waals surface area contributed by atoms with Crippen LogP contribution in [0.2, 0.25) is 0 Å². The molecular weight excluding hydrogens is 398 g/mol. The lowest BCUT2D eigenvalue weighted by Crippen LogP contribution is -2.70. The number of esters is 1. The molecule has 8 nitrogen and oxygen atoms in total. The molecule has 148 valence electrons. The Balaban J connectivity index is 1.77. The zero-order chi connectivity index (χ0) is 20.6. The van der Waals surface area contributed by atoms with Crippen LogP contribution in [0, 0.1) is 11.6 Å². The fourth-order valence-electron chi connectivity index (χ4n) is 2.88. The number of aliphatic carboxylic acids is 1. The number of fused-ring (bicyclic) bond motifs is 1. The van der Waals surface area contributed by atoms with Crippen molar-refractivity contribution in [1.29, 1.82) is 0 Å². The molecule has 28 heavy (non-hydrogen) atoms. The van der Waals surface area contributed by atoms with E-state index in [-0.39, 0.29) is 23.6 Å². The van der Waals surface area contributed by atoms with Gasteiger partial charge >= 0.3 is 11.9 Å². The maximum Gasteiger partial charge on any atom is 0.352 e. The molecule has 0 bridgehead atoms. The number of rotatable bonds is 5. The third kappa shape index (κ3) is 3.57. The Kier molecular flexibility index (Phi) is 5.36. The van der Waals surface area contributed by atoms with Crippen molar-refractivity contribution in [3.63, 3.8) is 0 Å². The number of halogens is 2. The first-order chi connectivity index (χ1) is 13.2. The van der Waals surface area contributed by atoms with E-state index in [0.717, 1.165) is 17.0 Å². The molecule has 0 aromatic heterocycles. The first-order valence-electron chi connectivity index (χ1n) is 8.00. The molecule has 2 aliphatic rings. The molecule has 2 N–H and O–H groups in total. The van der Waals surface area contributed by atoms with E-state index in [1.54, 1.807) is 0 Å². The average Bonchev–Trinajstić information content (AvgIpc) is 2.63. The van der Waals surface area contributed by atoms with Crippen molar-refractivity contribution in [2.45, 2.75) is 18.3 Å². The summed E-state index contributed by atoms with van der Waals surface area (Å²) in [5, 5.41) is 11.1. The van der Waals surface area contributed by atoms with E-state index in [1.807, 2.05) is 0 Å². The summed E-state index contributed by atoms with van der Waals surface area (Å²) in [5.41, 5.74) is -0.474. The molecule has 0 spiro atoms. The molecule has 0 radical (unpaired) electrons. The Morgan fingerprint density at radius 3 is 2.68 bits per heavy atom. The predicted octanol–water partition coefficient (Wildman–Crippen LogP) is 0.880. The van der Waals surface area contributed by atoms with Gasteiger partial charge in [-0.3, -0.25) is 19.3 Å². The minimum Gasteiger partial charge on any atom is -0.477 e. The number of hydrogen-bond acceptors (Lipinski definition) is 6. The average molecular weight is 412 g/mol. The lowest BCUT2D eigenvalue weighted by Gasteiger charge is -2.49. The normalized spacial score (nSPS) is 21.0. The number of carboxylic acid groups (broad SMARTS) is 1. The Morgan fingerprint density at radius 1 is 1.36 bits per heavy atom. The zero-order valence-electron chi connectivity index (χ0n) is 14.4. The molecular formula is C17H14F2N2O6S. The third-order valence-electron chi connectivity index (χ3n) is 4.16. The van der Waals surface area contributed by atoms with E-state index in [0.29, 0.717) is 6.07 Å². The first kappa shape index (κ1) is 19.8. The highest BCUT2D eigenvalue weighted by atomic mass is 32.2. The highest BCUT2D eigenvalue weighted by Crippen LogP contribution is 2.40. The summed E-state index contributed by atoms with van der Waals surface area (Å²) in [6.45, 7) is 0.910. The van der Waals surface area contributed by atoms with Crippen molar-refractivity contribution in [3.8, 4) is 0 Å². The molecule has 0 aliphatic carbocycles. The molecule has 3 rings (SSSR count). The Morgan fingerprint density at radius 2 is 2.07 bits per heavy atom. The van der Waals surface area contributed by atoms with Gasteiger partial charge in [-0.1, -0.05) is 0 Å². The first-order valence-corrected chi connectivity index (χ1v) is 9.05. The zero-order valence-corrected chi connectivity index (χ0v) is 15.2. The van der Waals surface area contributed by atoms with Gasteiger partial charge in [0.1, 0.15) is 35.4 Å². The summed E-state index contributed by atoms with van der Waals surface area (Å²) in [7, 11) is 0. The maximum atomic E-state index is 13.7. The molecule has 11 heteroatoms. The van der Waals surface area contributed by atoms with Crippen molar-refractivity contribution in [1.82, 2.24) is 10.2 Å². The van der Waals surface area contributed by atoms with Crippen molar-refractivity contribution < 1.29 is 37.8 Å². The highest BCUT2D eigenvalue weighted by molar-refractivity contribution is 8.00. The molecule has 2 atom stereocenters. The summed E-state index contributed by atoms with van der Waals surface area (Å²) in [6, 6.07) is 1.35. The molecule has 2 amide bonds. The predicted molar refractivity (Wildman–Crippen MR) is 92.0 cm³/mol. The summed E-state index contributed by atoms with van der Waals surface area (Å²) >= 11 is 1.17. The van der Waals surface area contributed by atoms with E-state index >= 15 is 0 Å². The van der Waals surface area contributed by atoms with Crippen LogP contribution in [0.25, 0.3) is 0 Å². The highest BCUT2D eigenvalue weighted by Gasteiger charge is 2.54. The Labute approximate surface area is 161 Å². The van der Waals surface area contributed by atoms with Crippen LogP contribution in [0.5, 0.6) is 0 Å². The van der Waals surface area contributed by atoms with E-state index in [9.17, 15) is 33.1 Å². The van der Waals surface area contributed by atoms with Gasteiger partial charge in [0.05, 0.1) is 5.56 Å². The van der Waals surface area contributed by atoms with Gasteiger partial charge in [-0.2, -0.15) is 0 Å². The summed E-state index contributed by atoms with van der Waals surface area (Å²) in [4.78, 5) is 48.2. The van der Waals surface area contributed by atoms with Crippen LogP contribution in [0.4, 0.5) is 8.78 Å². The molecule has 0 saturated carbocycles. The van der Waals surface area contributed by atoms with E-state index < -0.39 is 52.4 Å². The molecule has 1 fully saturated rings. The minimum absolute atomic E-state index is 0.167. The fourth-order valence-corrected chi connectivity index (χ4v) is 4.20. The number of carboxylic acids is 1. The van der Waals surface area contributed by atoms with Gasteiger partial charge in [-0.15, -0.1) is 11.8 Å². The van der Waals surface area contributed by atoms with Gasteiger partial charge in [0, 0.05) is 24.3 Å². The number of β-lactam (4-membered cyclic amide) rings is 1. The third-order valence-corrected chi connectivity index (χ3v) is 5.50. The summed E-state index contributed by atoms with van der Waals surface area (Å²) in [5.74, 6) is -5.32. The Bertz CT molecular complexity index is 919. The number of hydrogen-bond donors (Lipinski definition) is 2. The lowest BCUT2D eigenvalue weighted by atomic mass is 10.0. The van der Waals surface area contributed by atoms with E-state index in [1.165, 1.54) is 18.7 Å². The second-order valence-corrected chi connectivity index (χ2v) is 7.13. The van der Waals surface area contributed by atoms with Crippen molar-refractivity contribution in [3.05, 3.63) is 46.7 Å². The molecule has 1 aromatic rings. The number of nitrogens with zero attached hydrogens (tertiary/aromatic N) is 1. The van der Waals surface area contributed by atoms with Gasteiger partial charge in [-0.05, 0) is 12.1 Å². The van der Waals surface area contributed by atoms with Crippen LogP contribution >= 0.6 is 11.8 Å². The van der Waals surface area contributed by atoms with Crippen LogP contribution in [0.15, 0.2) is 29.5 Å². The number of ether oxygens (including phenoxy) is 1. The lowest BCUT2D eigenvalue weighted by molar-refractivity contribution is -0.149. The molecule has 1 saturated heterocycles. The molecule has 2 aliphatic heterocycles. The van der Waals surface area contributed by atoms with E-state index in [2.05, 4.69) is 5.32 Å². The van der Waals surface area contributed by atoms with Crippen molar-refractivity contribution in [2.24, 2.45) is 0 Å². The SMILES string of the molecule is CC(=O)OCC1=C(C(=O)O)N2C(=O)[C@@H](NC(=O)c3ccc(F)cc3F)[C@@H]2SC1. The second kappa shape index (κ2) is 7.58. The van der Waals surface area contributed by atoms with Crippen LogP contribution in [-0.4, -0.2) is 57.5 Å². The van der Waals surface area contributed by atoms with Gasteiger partial charge in [-0.25, -0.2) is 13.6 Å². The largest absolute Gasteiger partial charge is 0.477 e. The van der Waals surface area contributed by atoms with Crippen LogP contribution < -0.4 is 5.32 Å². The van der Waals surface area contributed by atoms with Gasteiger partial charge < -0.3 is 15.2 Å². The van der Waals surface area contributed by atoms with Crippen molar-refractivity contribution in [2.75, 3.05) is 12.4 Å². The van der Waals surface area contributed by atoms with Crippen molar-refractivity contribution >= 4 is 35.5 Å². The Hall–Kier alpha value is -2.95. The molecule has 1 aromatic carbocycles. The quantitative estimate of drug-likeness (QED) is 0.545. The van der Waals surface area contributed by atoms with Gasteiger partial charge in [0.25, 0.3) is 11.8 Å². The van der Waals surface area contributed by atoms with E-state index in [4.69, 9.17) is 4.74 Å². The van der Waals surface area contributed by atoms with Gasteiger partial charge in [0.15, 0.2) is 0 Å². The van der Waals surface area contributed by atoms with Crippen LogP contribution in [0.1, 0.15) is 17.3 Å².